The summed E-state index contributed by atoms with van der Waals surface area (Å²) in [5.41, 5.74) is 1.33. The number of hydrogen-bond donors (Lipinski definition) is 0. The van der Waals surface area contributed by atoms with Gasteiger partial charge in [-0.2, -0.15) is 0 Å². The van der Waals surface area contributed by atoms with Gasteiger partial charge in [0.25, 0.3) is 0 Å². The molecule has 0 aromatic carbocycles. The Kier molecular flexibility index (Phi) is 4.12. The molecular formula is C9H15. The van der Waals surface area contributed by atoms with E-state index in [9.17, 15) is 0 Å². The third-order valence-corrected chi connectivity index (χ3v) is 1.39. The highest BCUT2D eigenvalue weighted by Gasteiger charge is 1.92. The van der Waals surface area contributed by atoms with Gasteiger partial charge >= 0.3 is 0 Å². The third-order valence-electron chi connectivity index (χ3n) is 1.39. The summed E-state index contributed by atoms with van der Waals surface area (Å²) in [6.45, 7) is 10.1. The maximum atomic E-state index is 3.62. The van der Waals surface area contributed by atoms with Crippen LogP contribution in [0.3, 0.4) is 0 Å². The molecule has 0 saturated carbocycles. The molecule has 0 aromatic heterocycles. The monoisotopic (exact) mass is 123 g/mol. The minimum absolute atomic E-state index is 0.630. The minimum Gasteiger partial charge on any atom is -0.103 e. The summed E-state index contributed by atoms with van der Waals surface area (Å²) in [6.07, 6.45) is 5.98. The Bertz CT molecular complexity index is 107. The van der Waals surface area contributed by atoms with Crippen molar-refractivity contribution >= 4 is 0 Å². The maximum Gasteiger partial charge on any atom is -0.00977 e. The molecule has 0 aliphatic heterocycles. The first-order chi connectivity index (χ1) is 4.18. The number of hydrogen-bond acceptors (Lipinski definition) is 0. The molecule has 0 nitrogen and oxygen atoms in total. The van der Waals surface area contributed by atoms with Crippen molar-refractivity contribution in [3.8, 4) is 0 Å². The van der Waals surface area contributed by atoms with Gasteiger partial charge in [0.1, 0.15) is 0 Å². The molecule has 0 aromatic rings. The van der Waals surface area contributed by atoms with Crippen LogP contribution in [-0.2, 0) is 0 Å². The highest BCUT2D eigenvalue weighted by molar-refractivity contribution is 4.97. The van der Waals surface area contributed by atoms with Gasteiger partial charge in [0.2, 0.25) is 0 Å². The average molecular weight is 123 g/mol. The summed E-state index contributed by atoms with van der Waals surface area (Å²) < 4.78 is 0. The fraction of sp³-hybridized carbons (Fsp3) is 0.556. The molecule has 0 heterocycles. The Morgan fingerprint density at radius 1 is 1.67 bits per heavy atom. The highest BCUT2D eigenvalue weighted by atomic mass is 14.0. The van der Waals surface area contributed by atoms with Crippen molar-refractivity contribution in [2.75, 3.05) is 0 Å². The Morgan fingerprint density at radius 2 is 2.22 bits per heavy atom. The molecule has 1 radical (unpaired) electrons. The smallest absolute Gasteiger partial charge is 0.00977 e. The first kappa shape index (κ1) is 8.48. The van der Waals surface area contributed by atoms with E-state index in [2.05, 4.69) is 33.4 Å². The minimum atomic E-state index is 0.630. The molecule has 0 bridgehead atoms. The summed E-state index contributed by atoms with van der Waals surface area (Å²) in [6, 6.07) is 0. The molecule has 0 N–H and O–H groups in total. The summed E-state index contributed by atoms with van der Waals surface area (Å²) in [5.74, 6) is 0.630. The topological polar surface area (TPSA) is 0 Å². The van der Waals surface area contributed by atoms with Crippen LogP contribution in [0.1, 0.15) is 27.2 Å². The van der Waals surface area contributed by atoms with E-state index in [0.717, 1.165) is 6.42 Å². The van der Waals surface area contributed by atoms with Gasteiger partial charge in [-0.25, -0.2) is 0 Å². The normalized spacial score (nSPS) is 12.2. The van der Waals surface area contributed by atoms with Crippen molar-refractivity contribution in [3.05, 3.63) is 24.3 Å². The van der Waals surface area contributed by atoms with Crippen molar-refractivity contribution in [2.45, 2.75) is 27.2 Å². The van der Waals surface area contributed by atoms with Gasteiger partial charge in [0, 0.05) is 0 Å². The van der Waals surface area contributed by atoms with E-state index in [4.69, 9.17) is 0 Å². The molecule has 0 unspecified atom stereocenters. The highest BCUT2D eigenvalue weighted by Crippen LogP contribution is 2.07. The molecule has 51 valence electrons. The zero-order chi connectivity index (χ0) is 7.28. The molecule has 0 spiro atoms. The molecule has 0 aliphatic carbocycles. The van der Waals surface area contributed by atoms with Gasteiger partial charge in [0.15, 0.2) is 0 Å². The lowest BCUT2D eigenvalue weighted by molar-refractivity contribution is 0.760. The van der Waals surface area contributed by atoms with Crippen LogP contribution in [0.5, 0.6) is 0 Å². The van der Waals surface area contributed by atoms with Crippen LogP contribution in [0.2, 0.25) is 0 Å². The first-order valence-electron chi connectivity index (χ1n) is 3.36. The Morgan fingerprint density at radius 3 is 2.56 bits per heavy atom. The van der Waals surface area contributed by atoms with E-state index in [1.54, 1.807) is 0 Å². The molecule has 9 heavy (non-hydrogen) atoms. The second kappa shape index (κ2) is 4.37. The quantitative estimate of drug-likeness (QED) is 0.506. The Balaban J connectivity index is 3.68. The molecule has 0 saturated heterocycles. The zero-order valence-electron chi connectivity index (χ0n) is 6.57. The lowest BCUT2D eigenvalue weighted by atomic mass is 10.0. The fourth-order valence-corrected chi connectivity index (χ4v) is 0.437. The van der Waals surface area contributed by atoms with E-state index < -0.39 is 0 Å². The van der Waals surface area contributed by atoms with Crippen molar-refractivity contribution < 1.29 is 0 Å². The predicted octanol–water partition coefficient (Wildman–Crippen LogP) is 2.97. The van der Waals surface area contributed by atoms with E-state index in [-0.39, 0.29) is 0 Å². The Labute approximate surface area is 58.3 Å². The maximum absolute atomic E-state index is 3.62. The third kappa shape index (κ3) is 4.01. The van der Waals surface area contributed by atoms with Gasteiger partial charge in [-0.1, -0.05) is 25.5 Å². The van der Waals surface area contributed by atoms with Gasteiger partial charge < -0.3 is 0 Å². The van der Waals surface area contributed by atoms with Crippen LogP contribution in [0.15, 0.2) is 18.2 Å². The summed E-state index contributed by atoms with van der Waals surface area (Å²) in [5, 5.41) is 0. The van der Waals surface area contributed by atoms with E-state index in [0.29, 0.717) is 5.92 Å². The molecular weight excluding hydrogens is 108 g/mol. The van der Waals surface area contributed by atoms with E-state index in [1.165, 1.54) is 5.57 Å². The Hall–Kier alpha value is -0.520. The van der Waals surface area contributed by atoms with Crippen LogP contribution in [0.4, 0.5) is 0 Å². The summed E-state index contributed by atoms with van der Waals surface area (Å²) >= 11 is 0. The molecule has 0 aliphatic rings. The van der Waals surface area contributed by atoms with Crippen LogP contribution in [0, 0.1) is 12.0 Å². The van der Waals surface area contributed by atoms with Crippen LogP contribution in [-0.4, -0.2) is 0 Å². The van der Waals surface area contributed by atoms with Gasteiger partial charge in [-0.05, 0) is 25.3 Å². The van der Waals surface area contributed by atoms with Gasteiger partial charge in [-0.15, -0.1) is 6.58 Å². The lowest BCUT2D eigenvalue weighted by Crippen LogP contribution is -1.87. The second-order valence-electron chi connectivity index (χ2n) is 2.51. The standard InChI is InChI=1S/C9H15/c1-5-6-7-9(4)8(2)3/h5,8H,1,6H2,2-4H3. The largest absolute Gasteiger partial charge is 0.103 e. The van der Waals surface area contributed by atoms with Crippen LogP contribution >= 0.6 is 0 Å². The number of allylic oxidation sites excluding steroid dienone is 3. The second-order valence-corrected chi connectivity index (χ2v) is 2.51. The van der Waals surface area contributed by atoms with Gasteiger partial charge in [0.05, 0.1) is 0 Å². The summed E-state index contributed by atoms with van der Waals surface area (Å²) in [7, 11) is 0. The van der Waals surface area contributed by atoms with E-state index >= 15 is 0 Å². The van der Waals surface area contributed by atoms with Crippen molar-refractivity contribution in [1.82, 2.24) is 0 Å². The van der Waals surface area contributed by atoms with Gasteiger partial charge in [-0.3, -0.25) is 0 Å². The predicted molar refractivity (Wildman–Crippen MR) is 42.1 cm³/mol. The van der Waals surface area contributed by atoms with Crippen LogP contribution in [0.25, 0.3) is 0 Å². The SMILES string of the molecule is C=CC/[C]=C(\C)C(C)C. The van der Waals surface area contributed by atoms with Crippen molar-refractivity contribution in [1.29, 1.82) is 0 Å². The number of rotatable bonds is 3. The zero-order valence-corrected chi connectivity index (χ0v) is 6.57. The fourth-order valence-electron chi connectivity index (χ4n) is 0.437. The van der Waals surface area contributed by atoms with Crippen molar-refractivity contribution in [3.63, 3.8) is 0 Å². The van der Waals surface area contributed by atoms with Crippen LogP contribution < -0.4 is 0 Å². The summed E-state index contributed by atoms with van der Waals surface area (Å²) in [4.78, 5) is 0. The lowest BCUT2D eigenvalue weighted by Gasteiger charge is -2.01. The van der Waals surface area contributed by atoms with Crippen molar-refractivity contribution in [2.24, 2.45) is 5.92 Å². The average Bonchev–Trinajstić information content (AvgIpc) is 1.82. The molecule has 0 rings (SSSR count). The molecule has 0 atom stereocenters. The van der Waals surface area contributed by atoms with E-state index in [1.807, 2.05) is 6.08 Å². The first-order valence-corrected chi connectivity index (χ1v) is 3.36. The molecule has 0 amide bonds. The molecule has 0 fully saturated rings. The molecule has 0 heteroatoms.